The molecule has 1 aliphatic carbocycles. The van der Waals surface area contributed by atoms with Gasteiger partial charge in [0.2, 0.25) is 0 Å². The predicted octanol–water partition coefficient (Wildman–Crippen LogP) is 3.01. The summed E-state index contributed by atoms with van der Waals surface area (Å²) in [6, 6.07) is 11.9. The first kappa shape index (κ1) is 15.7. The molecule has 0 aliphatic heterocycles. The molecule has 1 aliphatic rings. The molecule has 22 heavy (non-hydrogen) atoms. The van der Waals surface area contributed by atoms with Crippen molar-refractivity contribution in [3.63, 3.8) is 0 Å². The lowest BCUT2D eigenvalue weighted by Crippen LogP contribution is -2.20. The summed E-state index contributed by atoms with van der Waals surface area (Å²) in [7, 11) is 0. The van der Waals surface area contributed by atoms with Crippen LogP contribution in [0.25, 0.3) is 0 Å². The third kappa shape index (κ3) is 2.99. The lowest BCUT2D eigenvalue weighted by Gasteiger charge is -2.17. The van der Waals surface area contributed by atoms with Crippen molar-refractivity contribution in [2.45, 2.75) is 4.90 Å². The maximum atomic E-state index is 12.2. The fourth-order valence-electron chi connectivity index (χ4n) is 2.09. The molecule has 0 fully saturated rings. The number of carboxylic acid groups (broad SMARTS) is 1. The first-order valence-corrected chi connectivity index (χ1v) is 6.77. The van der Waals surface area contributed by atoms with Crippen LogP contribution in [0.4, 0.5) is 0 Å². The molecule has 0 bridgehead atoms. The van der Waals surface area contributed by atoms with Crippen molar-refractivity contribution in [2.75, 3.05) is 0 Å². The van der Waals surface area contributed by atoms with Crippen LogP contribution in [0.2, 0.25) is 0 Å². The van der Waals surface area contributed by atoms with Crippen LogP contribution in [0.3, 0.4) is 0 Å². The van der Waals surface area contributed by atoms with E-state index in [1.165, 1.54) is 0 Å². The Bertz CT molecular complexity index is 793. The minimum Gasteiger partial charge on any atom is -0.478 e. The van der Waals surface area contributed by atoms with Crippen LogP contribution in [0, 0.1) is 0 Å². The molecule has 0 spiro atoms. The lowest BCUT2D eigenvalue weighted by atomic mass is 9.84. The van der Waals surface area contributed by atoms with Gasteiger partial charge in [-0.25, -0.2) is 4.79 Å². The van der Waals surface area contributed by atoms with Gasteiger partial charge in [-0.1, -0.05) is 30.8 Å². The topological polar surface area (TPSA) is 71.4 Å². The van der Waals surface area contributed by atoms with Crippen LogP contribution in [0.5, 0.6) is 0 Å². The Hall–Kier alpha value is -2.66. The van der Waals surface area contributed by atoms with E-state index in [2.05, 4.69) is 19.2 Å². The molecule has 0 amide bonds. The van der Waals surface area contributed by atoms with Crippen molar-refractivity contribution in [1.82, 2.24) is 0 Å². The number of aliphatic carboxylic acids is 1. The van der Waals surface area contributed by atoms with Gasteiger partial charge in [-0.15, -0.1) is 12.6 Å². The van der Waals surface area contributed by atoms with Crippen molar-refractivity contribution < 1.29 is 19.5 Å². The van der Waals surface area contributed by atoms with E-state index < -0.39 is 5.97 Å². The second kappa shape index (κ2) is 6.41. The number of carboxylic acids is 1. The van der Waals surface area contributed by atoms with Crippen molar-refractivity contribution in [3.05, 3.63) is 77.4 Å². The quantitative estimate of drug-likeness (QED) is 0.535. The molecule has 5 heteroatoms. The van der Waals surface area contributed by atoms with E-state index in [0.717, 1.165) is 6.08 Å². The third-order valence-corrected chi connectivity index (χ3v) is 3.36. The Morgan fingerprint density at radius 3 is 1.91 bits per heavy atom. The van der Waals surface area contributed by atoms with Crippen molar-refractivity contribution in [3.8, 4) is 0 Å². The Morgan fingerprint density at radius 1 is 0.955 bits per heavy atom. The van der Waals surface area contributed by atoms with E-state index in [1.54, 1.807) is 42.5 Å². The highest BCUT2D eigenvalue weighted by Crippen LogP contribution is 2.28. The summed E-state index contributed by atoms with van der Waals surface area (Å²) in [4.78, 5) is 34.3. The highest BCUT2D eigenvalue weighted by Gasteiger charge is 2.28. The van der Waals surface area contributed by atoms with Crippen LogP contribution in [-0.4, -0.2) is 22.6 Å². The highest BCUT2D eigenvalue weighted by atomic mass is 32.1. The summed E-state index contributed by atoms with van der Waals surface area (Å²) in [5.41, 5.74) is 1.87. The zero-order valence-electron chi connectivity index (χ0n) is 11.4. The number of hydrogen-bond donors (Lipinski definition) is 2. The molecule has 0 saturated carbocycles. The Balaban J connectivity index is 0.000000309. The van der Waals surface area contributed by atoms with Gasteiger partial charge in [0.1, 0.15) is 0 Å². The fourth-order valence-corrected chi connectivity index (χ4v) is 2.29. The van der Waals surface area contributed by atoms with Crippen molar-refractivity contribution in [2.24, 2.45) is 0 Å². The summed E-state index contributed by atoms with van der Waals surface area (Å²) in [6.07, 6.45) is 0.833. The molecular weight excluding hydrogens is 300 g/mol. The third-order valence-electron chi connectivity index (χ3n) is 3.08. The number of rotatable bonds is 1. The minimum absolute atomic E-state index is 0.0940. The Morgan fingerprint density at radius 2 is 1.41 bits per heavy atom. The number of fused-ring (bicyclic) bond motifs is 2. The van der Waals surface area contributed by atoms with Gasteiger partial charge in [0, 0.05) is 33.2 Å². The Labute approximate surface area is 132 Å². The molecule has 110 valence electrons. The van der Waals surface area contributed by atoms with Gasteiger partial charge in [0.25, 0.3) is 0 Å². The monoisotopic (exact) mass is 312 g/mol. The van der Waals surface area contributed by atoms with E-state index in [1.807, 2.05) is 0 Å². The van der Waals surface area contributed by atoms with E-state index in [-0.39, 0.29) is 11.6 Å². The molecule has 0 saturated heterocycles. The zero-order valence-corrected chi connectivity index (χ0v) is 12.3. The standard InChI is InChI=1S/C14H8O2S.C3H4O2/c15-13-9-3-1-2-4-10(9)14(16)12-7-8(17)5-6-11(12)13;1-2-3(4)5/h1-7,17H;2H,1H2,(H,4,5). The summed E-state index contributed by atoms with van der Waals surface area (Å²) in [6.45, 7) is 2.96. The average molecular weight is 312 g/mol. The second-order valence-corrected chi connectivity index (χ2v) is 4.99. The number of hydrogen-bond acceptors (Lipinski definition) is 4. The van der Waals surface area contributed by atoms with Gasteiger partial charge in [0.05, 0.1) is 0 Å². The van der Waals surface area contributed by atoms with Crippen molar-refractivity contribution in [1.29, 1.82) is 0 Å². The number of ketones is 2. The van der Waals surface area contributed by atoms with Crippen LogP contribution in [0.1, 0.15) is 31.8 Å². The first-order valence-electron chi connectivity index (χ1n) is 6.32. The molecule has 0 aromatic heterocycles. The summed E-state index contributed by atoms with van der Waals surface area (Å²) >= 11 is 4.20. The molecule has 4 nitrogen and oxygen atoms in total. The van der Waals surface area contributed by atoms with Crippen LogP contribution < -0.4 is 0 Å². The van der Waals surface area contributed by atoms with Gasteiger partial charge in [-0.3, -0.25) is 9.59 Å². The van der Waals surface area contributed by atoms with E-state index in [4.69, 9.17) is 5.11 Å². The van der Waals surface area contributed by atoms with Gasteiger partial charge < -0.3 is 5.11 Å². The molecular formula is C17H12O4S. The SMILES string of the molecule is C=CC(=O)O.O=C1c2ccccc2C(=O)c2cc(S)ccc21. The fraction of sp³-hybridized carbons (Fsp3) is 0. The summed E-state index contributed by atoms with van der Waals surface area (Å²) in [5.74, 6) is -1.18. The van der Waals surface area contributed by atoms with Gasteiger partial charge in [0.15, 0.2) is 11.6 Å². The molecule has 0 radical (unpaired) electrons. The maximum absolute atomic E-state index is 12.2. The van der Waals surface area contributed by atoms with Gasteiger partial charge >= 0.3 is 5.97 Å². The molecule has 3 rings (SSSR count). The lowest BCUT2D eigenvalue weighted by molar-refractivity contribution is -0.131. The number of carbonyl (C=O) groups is 3. The molecule has 0 unspecified atom stereocenters. The number of benzene rings is 2. The predicted molar refractivity (Wildman–Crippen MR) is 84.8 cm³/mol. The summed E-state index contributed by atoms with van der Waals surface area (Å²) in [5, 5.41) is 7.60. The molecule has 0 atom stereocenters. The van der Waals surface area contributed by atoms with Gasteiger partial charge in [-0.2, -0.15) is 0 Å². The van der Waals surface area contributed by atoms with Gasteiger partial charge in [-0.05, 0) is 18.2 Å². The molecule has 2 aromatic rings. The number of thiol groups is 1. The zero-order chi connectivity index (χ0) is 16.3. The molecule has 2 aromatic carbocycles. The van der Waals surface area contributed by atoms with Crippen LogP contribution in [-0.2, 0) is 4.79 Å². The molecule has 1 N–H and O–H groups in total. The highest BCUT2D eigenvalue weighted by molar-refractivity contribution is 7.80. The Kier molecular flexibility index (Phi) is 4.58. The van der Waals surface area contributed by atoms with E-state index >= 15 is 0 Å². The minimum atomic E-state index is -0.981. The second-order valence-electron chi connectivity index (χ2n) is 4.48. The maximum Gasteiger partial charge on any atom is 0.327 e. The average Bonchev–Trinajstić information content (AvgIpc) is 2.53. The number of carbonyl (C=O) groups excluding carboxylic acids is 2. The molecule has 0 heterocycles. The van der Waals surface area contributed by atoms with E-state index in [9.17, 15) is 14.4 Å². The first-order chi connectivity index (χ1) is 10.5. The van der Waals surface area contributed by atoms with Crippen LogP contribution in [0.15, 0.2) is 60.0 Å². The smallest absolute Gasteiger partial charge is 0.327 e. The summed E-state index contributed by atoms with van der Waals surface area (Å²) < 4.78 is 0. The normalized spacial score (nSPS) is 11.7. The van der Waals surface area contributed by atoms with Crippen molar-refractivity contribution >= 4 is 30.2 Å². The van der Waals surface area contributed by atoms with E-state index in [0.29, 0.717) is 27.1 Å². The largest absolute Gasteiger partial charge is 0.478 e. The van der Waals surface area contributed by atoms with Crippen LogP contribution >= 0.6 is 12.6 Å².